The Bertz CT molecular complexity index is 1510. The fourth-order valence-corrected chi connectivity index (χ4v) is 5.75. The third-order valence-corrected chi connectivity index (χ3v) is 7.61. The standard InChI is InChI=1S/C29H24N2O3S2/c1-19-18-31-22(15-23(19)20-9-4-2-5-10-20)16-24(21-11-6-3-7-12-21)25(31)17-26-28(34)30(29(35)36-26)14-8-13-27(32)33/h2-7,9-12,15-18H,8,13-14H2,1H3,(H,32,33)/b26-17-. The predicted molar refractivity (Wildman–Crippen MR) is 150 cm³/mol. The Hall–Kier alpha value is -3.68. The van der Waals surface area contributed by atoms with Gasteiger partial charge in [0, 0.05) is 30.2 Å². The largest absolute Gasteiger partial charge is 0.481 e. The van der Waals surface area contributed by atoms with E-state index in [0.717, 1.165) is 39.0 Å². The number of amides is 1. The molecule has 1 N–H and O–H groups in total. The number of carbonyl (C=O) groups excluding carboxylic acids is 1. The zero-order valence-electron chi connectivity index (χ0n) is 19.7. The number of aromatic nitrogens is 1. The van der Waals surface area contributed by atoms with Gasteiger partial charge in [0.2, 0.25) is 0 Å². The van der Waals surface area contributed by atoms with Crippen molar-refractivity contribution in [3.8, 4) is 22.3 Å². The molecule has 180 valence electrons. The lowest BCUT2D eigenvalue weighted by Crippen LogP contribution is -2.29. The average molecular weight is 513 g/mol. The highest BCUT2D eigenvalue weighted by atomic mass is 32.2. The Morgan fingerprint density at radius 1 is 1.00 bits per heavy atom. The third-order valence-electron chi connectivity index (χ3n) is 6.23. The van der Waals surface area contributed by atoms with E-state index in [0.29, 0.717) is 22.2 Å². The van der Waals surface area contributed by atoms with Crippen LogP contribution in [-0.2, 0) is 9.59 Å². The molecule has 0 saturated carbocycles. The molecule has 5 nitrogen and oxygen atoms in total. The van der Waals surface area contributed by atoms with Crippen molar-refractivity contribution in [1.29, 1.82) is 0 Å². The molecule has 1 fully saturated rings. The smallest absolute Gasteiger partial charge is 0.303 e. The lowest BCUT2D eigenvalue weighted by atomic mass is 10.0. The number of hydrogen-bond acceptors (Lipinski definition) is 4. The first-order valence-electron chi connectivity index (χ1n) is 11.7. The van der Waals surface area contributed by atoms with E-state index in [2.05, 4.69) is 53.9 Å². The molecule has 36 heavy (non-hydrogen) atoms. The molecule has 2 aromatic heterocycles. The Morgan fingerprint density at radius 2 is 1.61 bits per heavy atom. The molecule has 5 rings (SSSR count). The van der Waals surface area contributed by atoms with Gasteiger partial charge in [0.15, 0.2) is 0 Å². The number of carboxylic acids is 1. The summed E-state index contributed by atoms with van der Waals surface area (Å²) in [4.78, 5) is 26.1. The molecule has 1 aliphatic heterocycles. The van der Waals surface area contributed by atoms with Crippen molar-refractivity contribution in [1.82, 2.24) is 9.30 Å². The number of thioether (sulfide) groups is 1. The van der Waals surface area contributed by atoms with Crippen LogP contribution in [0, 0.1) is 6.92 Å². The number of benzene rings is 2. The van der Waals surface area contributed by atoms with Gasteiger partial charge in [0.1, 0.15) is 4.32 Å². The van der Waals surface area contributed by atoms with Crippen molar-refractivity contribution in [3.05, 3.63) is 95.2 Å². The van der Waals surface area contributed by atoms with Crippen LogP contribution in [0.1, 0.15) is 24.1 Å². The van der Waals surface area contributed by atoms with Crippen molar-refractivity contribution in [3.63, 3.8) is 0 Å². The van der Waals surface area contributed by atoms with E-state index in [1.54, 1.807) is 0 Å². The van der Waals surface area contributed by atoms with Crippen LogP contribution in [0.15, 0.2) is 83.9 Å². The quantitative estimate of drug-likeness (QED) is 0.222. The van der Waals surface area contributed by atoms with Crippen molar-refractivity contribution < 1.29 is 14.7 Å². The molecule has 0 atom stereocenters. The fourth-order valence-electron chi connectivity index (χ4n) is 4.47. The van der Waals surface area contributed by atoms with Crippen LogP contribution < -0.4 is 0 Å². The second-order valence-electron chi connectivity index (χ2n) is 8.67. The first kappa shape index (κ1) is 24.0. The topological polar surface area (TPSA) is 62.0 Å². The summed E-state index contributed by atoms with van der Waals surface area (Å²) in [6.45, 7) is 2.39. The number of carbonyl (C=O) groups is 2. The van der Waals surface area contributed by atoms with Crippen LogP contribution in [0.2, 0.25) is 0 Å². The van der Waals surface area contributed by atoms with E-state index in [4.69, 9.17) is 17.3 Å². The summed E-state index contributed by atoms with van der Waals surface area (Å²) >= 11 is 6.72. The second kappa shape index (κ2) is 10.1. The molecular formula is C29H24N2O3S2. The molecule has 0 spiro atoms. The highest BCUT2D eigenvalue weighted by molar-refractivity contribution is 8.26. The zero-order chi connectivity index (χ0) is 25.2. The summed E-state index contributed by atoms with van der Waals surface area (Å²) in [5.41, 5.74) is 7.46. The number of nitrogens with zero attached hydrogens (tertiary/aromatic N) is 2. The lowest BCUT2D eigenvalue weighted by molar-refractivity contribution is -0.137. The van der Waals surface area contributed by atoms with Crippen molar-refractivity contribution in [2.24, 2.45) is 0 Å². The van der Waals surface area contributed by atoms with Gasteiger partial charge < -0.3 is 9.51 Å². The summed E-state index contributed by atoms with van der Waals surface area (Å²) < 4.78 is 2.59. The lowest BCUT2D eigenvalue weighted by Gasteiger charge is -2.13. The maximum absolute atomic E-state index is 13.2. The molecule has 4 aromatic rings. The van der Waals surface area contributed by atoms with E-state index >= 15 is 0 Å². The molecule has 1 saturated heterocycles. The van der Waals surface area contributed by atoms with E-state index in [1.165, 1.54) is 16.7 Å². The van der Waals surface area contributed by atoms with Crippen LogP contribution in [-0.4, -0.2) is 37.1 Å². The van der Waals surface area contributed by atoms with Gasteiger partial charge in [-0.15, -0.1) is 0 Å². The number of carboxylic acid groups (broad SMARTS) is 1. The van der Waals surface area contributed by atoms with Gasteiger partial charge in [0.25, 0.3) is 5.91 Å². The molecule has 7 heteroatoms. The number of fused-ring (bicyclic) bond motifs is 1. The minimum atomic E-state index is -0.881. The number of pyridine rings is 1. The van der Waals surface area contributed by atoms with Gasteiger partial charge in [-0.2, -0.15) is 0 Å². The maximum Gasteiger partial charge on any atom is 0.303 e. The van der Waals surface area contributed by atoms with E-state index in [9.17, 15) is 9.59 Å². The molecular weight excluding hydrogens is 488 g/mol. The first-order valence-corrected chi connectivity index (χ1v) is 12.9. The number of aryl methyl sites for hydroxylation is 1. The van der Waals surface area contributed by atoms with Crippen LogP contribution in [0.25, 0.3) is 33.8 Å². The number of rotatable bonds is 7. The van der Waals surface area contributed by atoms with Gasteiger partial charge in [-0.3, -0.25) is 14.5 Å². The molecule has 3 heterocycles. The van der Waals surface area contributed by atoms with Crippen molar-refractivity contribution >= 4 is 51.8 Å². The van der Waals surface area contributed by atoms with Crippen molar-refractivity contribution in [2.75, 3.05) is 6.54 Å². The highest BCUT2D eigenvalue weighted by Gasteiger charge is 2.32. The van der Waals surface area contributed by atoms with Crippen LogP contribution in [0.4, 0.5) is 0 Å². The summed E-state index contributed by atoms with van der Waals surface area (Å²) in [7, 11) is 0. The summed E-state index contributed by atoms with van der Waals surface area (Å²) in [6.07, 6.45) is 4.39. The summed E-state index contributed by atoms with van der Waals surface area (Å²) in [5.74, 6) is -1.06. The second-order valence-corrected chi connectivity index (χ2v) is 10.3. The number of thiocarbonyl (C=S) groups is 1. The Labute approximate surface area is 219 Å². The Balaban J connectivity index is 1.60. The molecule has 2 aromatic carbocycles. The molecule has 1 aliphatic rings. The predicted octanol–water partition coefficient (Wildman–Crippen LogP) is 6.65. The molecule has 0 aliphatic carbocycles. The normalized spacial score (nSPS) is 14.8. The molecule has 0 unspecified atom stereocenters. The average Bonchev–Trinajstić information content (AvgIpc) is 3.36. The zero-order valence-corrected chi connectivity index (χ0v) is 21.3. The third kappa shape index (κ3) is 4.72. The SMILES string of the molecule is Cc1cn2c(/C=C3\SC(=S)N(CCCC(=O)O)C3=O)c(-c3ccccc3)cc2cc1-c1ccccc1. The van der Waals surface area contributed by atoms with Crippen LogP contribution in [0.5, 0.6) is 0 Å². The molecule has 0 radical (unpaired) electrons. The highest BCUT2D eigenvalue weighted by Crippen LogP contribution is 2.37. The minimum absolute atomic E-state index is 0.000622. The minimum Gasteiger partial charge on any atom is -0.481 e. The van der Waals surface area contributed by atoms with Gasteiger partial charge in [-0.1, -0.05) is 84.6 Å². The van der Waals surface area contributed by atoms with E-state index in [-0.39, 0.29) is 12.3 Å². The van der Waals surface area contributed by atoms with Crippen LogP contribution >= 0.6 is 24.0 Å². The first-order chi connectivity index (χ1) is 17.4. The molecule has 1 amide bonds. The summed E-state index contributed by atoms with van der Waals surface area (Å²) in [6, 6.07) is 24.8. The van der Waals surface area contributed by atoms with Crippen molar-refractivity contribution in [2.45, 2.75) is 19.8 Å². The van der Waals surface area contributed by atoms with Crippen LogP contribution in [0.3, 0.4) is 0 Å². The summed E-state index contributed by atoms with van der Waals surface area (Å²) in [5, 5.41) is 8.94. The fraction of sp³-hybridized carbons (Fsp3) is 0.138. The van der Waals surface area contributed by atoms with E-state index < -0.39 is 5.97 Å². The van der Waals surface area contributed by atoms with Gasteiger partial charge >= 0.3 is 5.97 Å². The Morgan fingerprint density at radius 3 is 2.25 bits per heavy atom. The van der Waals surface area contributed by atoms with E-state index in [1.807, 2.05) is 42.5 Å². The van der Waals surface area contributed by atoms with Gasteiger partial charge in [-0.05, 0) is 53.8 Å². The van der Waals surface area contributed by atoms with Gasteiger partial charge in [-0.25, -0.2) is 0 Å². The Kier molecular flexibility index (Phi) is 6.76. The monoisotopic (exact) mass is 512 g/mol. The molecule has 0 bridgehead atoms. The maximum atomic E-state index is 13.2. The number of hydrogen-bond donors (Lipinski definition) is 1. The number of aliphatic carboxylic acids is 1. The van der Waals surface area contributed by atoms with Gasteiger partial charge in [0.05, 0.1) is 10.6 Å².